The Balaban J connectivity index is 1.65. The second-order valence-electron chi connectivity index (χ2n) is 7.70. The van der Waals surface area contributed by atoms with Crippen molar-refractivity contribution >= 4 is 5.78 Å². The number of rotatable bonds is 8. The fourth-order valence-electron chi connectivity index (χ4n) is 3.94. The highest BCUT2D eigenvalue weighted by Crippen LogP contribution is 2.24. The summed E-state index contributed by atoms with van der Waals surface area (Å²) in [5.41, 5.74) is 5.68. The lowest BCUT2D eigenvalue weighted by atomic mass is 9.90. The fourth-order valence-corrected chi connectivity index (χ4v) is 3.94. The molecule has 0 radical (unpaired) electrons. The van der Waals surface area contributed by atoms with Crippen LogP contribution in [0, 0.1) is 0 Å². The lowest BCUT2D eigenvalue weighted by molar-refractivity contribution is 0.103. The van der Waals surface area contributed by atoms with Crippen LogP contribution in [0.1, 0.15) is 38.2 Å². The van der Waals surface area contributed by atoms with Crippen molar-refractivity contribution in [1.82, 2.24) is 0 Å². The molecule has 3 nitrogen and oxygen atoms in total. The van der Waals surface area contributed by atoms with E-state index >= 15 is 0 Å². The summed E-state index contributed by atoms with van der Waals surface area (Å²) in [5, 5.41) is 0. The Labute approximate surface area is 189 Å². The van der Waals surface area contributed by atoms with E-state index in [2.05, 4.69) is 12.1 Å². The molecule has 32 heavy (non-hydrogen) atoms. The van der Waals surface area contributed by atoms with Gasteiger partial charge in [-0.1, -0.05) is 72.8 Å². The van der Waals surface area contributed by atoms with Crippen molar-refractivity contribution in [1.29, 1.82) is 0 Å². The highest BCUT2D eigenvalue weighted by molar-refractivity contribution is 6.11. The molecule has 0 unspecified atom stereocenters. The zero-order valence-electron chi connectivity index (χ0n) is 18.4. The summed E-state index contributed by atoms with van der Waals surface area (Å²) in [6.07, 6.45) is 1.33. The van der Waals surface area contributed by atoms with Gasteiger partial charge in [0.25, 0.3) is 0 Å². The molecule has 0 amide bonds. The maximum atomic E-state index is 13.7. The van der Waals surface area contributed by atoms with E-state index in [1.54, 1.807) is 14.2 Å². The van der Waals surface area contributed by atoms with E-state index in [1.165, 1.54) is 0 Å². The number of hydrogen-bond donors (Lipinski definition) is 0. The summed E-state index contributed by atoms with van der Waals surface area (Å²) < 4.78 is 10.7. The van der Waals surface area contributed by atoms with Crippen molar-refractivity contribution in [3.8, 4) is 11.5 Å². The predicted molar refractivity (Wildman–Crippen MR) is 128 cm³/mol. The summed E-state index contributed by atoms with van der Waals surface area (Å²) >= 11 is 0. The molecule has 160 valence electrons. The number of ketones is 1. The molecule has 0 aromatic heterocycles. The van der Waals surface area contributed by atoms with Gasteiger partial charge in [0.15, 0.2) is 5.78 Å². The molecule has 0 spiro atoms. The molecule has 0 aliphatic rings. The molecular formula is C29H26O3. The number of carbonyl (C=O) groups is 1. The van der Waals surface area contributed by atoms with Crippen molar-refractivity contribution in [2.45, 2.75) is 12.8 Å². The molecule has 0 heterocycles. The third-order valence-corrected chi connectivity index (χ3v) is 5.58. The molecule has 0 saturated heterocycles. The molecule has 0 N–H and O–H groups in total. The van der Waals surface area contributed by atoms with E-state index in [4.69, 9.17) is 9.47 Å². The molecule has 4 aromatic carbocycles. The normalized spacial score (nSPS) is 10.6. The van der Waals surface area contributed by atoms with Crippen LogP contribution in [0.15, 0.2) is 97.1 Å². The van der Waals surface area contributed by atoms with Crippen molar-refractivity contribution in [3.63, 3.8) is 0 Å². The minimum atomic E-state index is 0.0435. The minimum Gasteiger partial charge on any atom is -0.497 e. The van der Waals surface area contributed by atoms with Crippen molar-refractivity contribution in [3.05, 3.63) is 130 Å². The number of carbonyl (C=O) groups excluding carboxylic acids is 1. The molecule has 3 heteroatoms. The lowest BCUT2D eigenvalue weighted by Crippen LogP contribution is -2.09. The summed E-state index contributed by atoms with van der Waals surface area (Å²) in [7, 11) is 3.33. The van der Waals surface area contributed by atoms with Crippen LogP contribution >= 0.6 is 0 Å². The molecule has 0 aliphatic heterocycles. The average Bonchev–Trinajstić information content (AvgIpc) is 2.84. The first-order valence-corrected chi connectivity index (χ1v) is 10.6. The molecule has 0 fully saturated rings. The Hall–Kier alpha value is -3.85. The molecule has 0 saturated carbocycles. The zero-order valence-corrected chi connectivity index (χ0v) is 18.4. The smallest absolute Gasteiger partial charge is 0.193 e. The van der Waals surface area contributed by atoms with Gasteiger partial charge in [-0.25, -0.2) is 0 Å². The van der Waals surface area contributed by atoms with E-state index in [1.807, 2.05) is 84.9 Å². The first-order chi connectivity index (χ1) is 15.7. The van der Waals surface area contributed by atoms with Crippen LogP contribution in [-0.4, -0.2) is 20.0 Å². The number of hydrogen-bond acceptors (Lipinski definition) is 3. The minimum absolute atomic E-state index is 0.0435. The first kappa shape index (κ1) is 21.4. The van der Waals surface area contributed by atoms with Gasteiger partial charge in [0, 0.05) is 11.1 Å². The Bertz CT molecular complexity index is 1130. The van der Waals surface area contributed by atoms with Crippen LogP contribution in [0.5, 0.6) is 11.5 Å². The van der Waals surface area contributed by atoms with Gasteiger partial charge in [-0.15, -0.1) is 0 Å². The SMILES string of the molecule is COc1cccc(Cc2ccccc2C(=O)c2ccccc2Cc2cccc(OC)c2)c1. The molecule has 0 bridgehead atoms. The second kappa shape index (κ2) is 9.97. The van der Waals surface area contributed by atoms with E-state index < -0.39 is 0 Å². The largest absolute Gasteiger partial charge is 0.497 e. The van der Waals surface area contributed by atoms with E-state index in [0.29, 0.717) is 12.8 Å². The van der Waals surface area contributed by atoms with Crippen LogP contribution in [-0.2, 0) is 12.8 Å². The third kappa shape index (κ3) is 4.89. The summed E-state index contributed by atoms with van der Waals surface area (Å²) in [5.74, 6) is 1.67. The van der Waals surface area contributed by atoms with Gasteiger partial charge in [0.05, 0.1) is 14.2 Å². The van der Waals surface area contributed by atoms with Gasteiger partial charge < -0.3 is 9.47 Å². The zero-order chi connectivity index (χ0) is 22.3. The predicted octanol–water partition coefficient (Wildman–Crippen LogP) is 6.12. The lowest BCUT2D eigenvalue weighted by Gasteiger charge is -2.13. The summed E-state index contributed by atoms with van der Waals surface area (Å²) in [6, 6.07) is 31.6. The topological polar surface area (TPSA) is 35.5 Å². The Kier molecular flexibility index (Phi) is 6.66. The van der Waals surface area contributed by atoms with Crippen molar-refractivity contribution in [2.75, 3.05) is 14.2 Å². The fraction of sp³-hybridized carbons (Fsp3) is 0.138. The van der Waals surface area contributed by atoms with Gasteiger partial charge in [-0.2, -0.15) is 0 Å². The van der Waals surface area contributed by atoms with E-state index in [0.717, 1.165) is 44.9 Å². The monoisotopic (exact) mass is 422 g/mol. The van der Waals surface area contributed by atoms with Gasteiger partial charge in [0.2, 0.25) is 0 Å². The van der Waals surface area contributed by atoms with Crippen LogP contribution in [0.25, 0.3) is 0 Å². The first-order valence-electron chi connectivity index (χ1n) is 10.6. The van der Waals surface area contributed by atoms with Crippen molar-refractivity contribution < 1.29 is 14.3 Å². The summed E-state index contributed by atoms with van der Waals surface area (Å²) in [6.45, 7) is 0. The third-order valence-electron chi connectivity index (χ3n) is 5.58. The standard InChI is InChI=1S/C29H26O3/c1-31-25-13-7-9-21(19-25)17-23-11-3-5-15-27(23)29(30)28-16-6-4-12-24(28)18-22-10-8-14-26(20-22)32-2/h3-16,19-20H,17-18H2,1-2H3. The maximum absolute atomic E-state index is 13.7. The average molecular weight is 423 g/mol. The number of methoxy groups -OCH3 is 2. The van der Waals surface area contributed by atoms with E-state index in [-0.39, 0.29) is 5.78 Å². The highest BCUT2D eigenvalue weighted by atomic mass is 16.5. The maximum Gasteiger partial charge on any atom is 0.193 e. The van der Waals surface area contributed by atoms with Crippen LogP contribution in [0.2, 0.25) is 0 Å². The van der Waals surface area contributed by atoms with Gasteiger partial charge >= 0.3 is 0 Å². The van der Waals surface area contributed by atoms with Gasteiger partial charge in [-0.05, 0) is 59.4 Å². The number of ether oxygens (including phenoxy) is 2. The van der Waals surface area contributed by atoms with Crippen LogP contribution < -0.4 is 9.47 Å². The molecular weight excluding hydrogens is 396 g/mol. The molecule has 4 rings (SSSR count). The summed E-state index contributed by atoms with van der Waals surface area (Å²) in [4.78, 5) is 13.7. The molecule has 0 atom stereocenters. The second-order valence-corrected chi connectivity index (χ2v) is 7.70. The van der Waals surface area contributed by atoms with Crippen molar-refractivity contribution in [2.24, 2.45) is 0 Å². The van der Waals surface area contributed by atoms with Gasteiger partial charge in [-0.3, -0.25) is 4.79 Å². The Morgan fingerprint density at radius 1 is 0.594 bits per heavy atom. The van der Waals surface area contributed by atoms with E-state index in [9.17, 15) is 4.79 Å². The molecule has 0 aliphatic carbocycles. The molecule has 4 aromatic rings. The Morgan fingerprint density at radius 3 is 1.47 bits per heavy atom. The van der Waals surface area contributed by atoms with Crippen LogP contribution in [0.3, 0.4) is 0 Å². The van der Waals surface area contributed by atoms with Crippen LogP contribution in [0.4, 0.5) is 0 Å². The quantitative estimate of drug-likeness (QED) is 0.321. The Morgan fingerprint density at radius 2 is 1.03 bits per heavy atom. The highest BCUT2D eigenvalue weighted by Gasteiger charge is 2.17. The number of benzene rings is 4. The van der Waals surface area contributed by atoms with Gasteiger partial charge in [0.1, 0.15) is 11.5 Å².